The van der Waals surface area contributed by atoms with Gasteiger partial charge in [-0.2, -0.15) is 5.26 Å². The standard InChI is InChI=1S/C24H21N3/c1-27(2)24-15-11-22(12-16-24)18-26-23-13-9-20(10-14-23)4-3-19-5-7-21(17-25)8-6-19/h3-16,18H,1-2H3/b4-3+,26-18?. The molecule has 0 atom stereocenters. The molecule has 3 heteroatoms. The Labute approximate surface area is 160 Å². The van der Waals surface area contributed by atoms with E-state index in [2.05, 4.69) is 46.3 Å². The molecular weight excluding hydrogens is 330 g/mol. The summed E-state index contributed by atoms with van der Waals surface area (Å²) >= 11 is 0. The van der Waals surface area contributed by atoms with E-state index < -0.39 is 0 Å². The predicted molar refractivity (Wildman–Crippen MR) is 115 cm³/mol. The summed E-state index contributed by atoms with van der Waals surface area (Å²) in [4.78, 5) is 6.61. The van der Waals surface area contributed by atoms with Crippen molar-refractivity contribution >= 4 is 29.7 Å². The molecule has 0 saturated heterocycles. The number of benzene rings is 3. The second kappa shape index (κ2) is 8.64. The van der Waals surface area contributed by atoms with E-state index in [1.54, 1.807) is 0 Å². The van der Waals surface area contributed by atoms with E-state index in [0.717, 1.165) is 22.4 Å². The van der Waals surface area contributed by atoms with Gasteiger partial charge in [0.05, 0.1) is 17.3 Å². The number of hydrogen-bond acceptors (Lipinski definition) is 3. The van der Waals surface area contributed by atoms with Crippen molar-refractivity contribution in [3.8, 4) is 6.07 Å². The smallest absolute Gasteiger partial charge is 0.0991 e. The van der Waals surface area contributed by atoms with Crippen molar-refractivity contribution < 1.29 is 0 Å². The van der Waals surface area contributed by atoms with E-state index in [-0.39, 0.29) is 0 Å². The van der Waals surface area contributed by atoms with E-state index >= 15 is 0 Å². The Morgan fingerprint density at radius 3 is 1.78 bits per heavy atom. The number of rotatable bonds is 5. The van der Waals surface area contributed by atoms with Crippen LogP contribution in [0.5, 0.6) is 0 Å². The minimum atomic E-state index is 0.672. The predicted octanol–water partition coefficient (Wildman–Crippen LogP) is 5.55. The highest BCUT2D eigenvalue weighted by molar-refractivity contribution is 5.82. The maximum Gasteiger partial charge on any atom is 0.0991 e. The van der Waals surface area contributed by atoms with Gasteiger partial charge in [-0.25, -0.2) is 0 Å². The Morgan fingerprint density at radius 2 is 1.26 bits per heavy atom. The maximum absolute atomic E-state index is 8.83. The Hall–Kier alpha value is -3.64. The molecule has 0 bridgehead atoms. The molecule has 0 fully saturated rings. The van der Waals surface area contributed by atoms with Gasteiger partial charge in [-0.3, -0.25) is 4.99 Å². The van der Waals surface area contributed by atoms with Crippen molar-refractivity contribution in [2.45, 2.75) is 0 Å². The summed E-state index contributed by atoms with van der Waals surface area (Å²) in [5, 5.41) is 8.83. The zero-order chi connectivity index (χ0) is 19.1. The molecule has 0 amide bonds. The van der Waals surface area contributed by atoms with Crippen molar-refractivity contribution in [2.24, 2.45) is 4.99 Å². The van der Waals surface area contributed by atoms with Crippen LogP contribution < -0.4 is 4.90 Å². The first-order valence-electron chi connectivity index (χ1n) is 8.74. The molecule has 0 spiro atoms. The van der Waals surface area contributed by atoms with Gasteiger partial charge in [-0.1, -0.05) is 48.6 Å². The Morgan fingerprint density at radius 1 is 0.741 bits per heavy atom. The highest BCUT2D eigenvalue weighted by atomic mass is 15.1. The summed E-state index contributed by atoms with van der Waals surface area (Å²) in [7, 11) is 4.06. The number of hydrogen-bond donors (Lipinski definition) is 0. The van der Waals surface area contributed by atoms with Crippen LogP contribution in [0.25, 0.3) is 12.2 Å². The van der Waals surface area contributed by atoms with Crippen LogP contribution in [0.1, 0.15) is 22.3 Å². The van der Waals surface area contributed by atoms with Gasteiger partial charge in [0.25, 0.3) is 0 Å². The SMILES string of the molecule is CN(C)c1ccc(C=Nc2ccc(/C=C/c3ccc(C#N)cc3)cc2)cc1. The molecule has 0 heterocycles. The summed E-state index contributed by atoms with van der Waals surface area (Å²) < 4.78 is 0. The molecule has 0 aliphatic rings. The fourth-order valence-corrected chi connectivity index (χ4v) is 2.54. The van der Waals surface area contributed by atoms with Gasteiger partial charge >= 0.3 is 0 Å². The highest BCUT2D eigenvalue weighted by Crippen LogP contribution is 2.16. The second-order valence-electron chi connectivity index (χ2n) is 6.40. The quantitative estimate of drug-likeness (QED) is 0.447. The van der Waals surface area contributed by atoms with Crippen LogP contribution in [0.3, 0.4) is 0 Å². The van der Waals surface area contributed by atoms with E-state index in [1.165, 1.54) is 5.69 Å². The highest BCUT2D eigenvalue weighted by Gasteiger charge is 1.95. The molecule has 0 saturated carbocycles. The molecule has 0 aromatic heterocycles. The molecule has 132 valence electrons. The molecule has 0 radical (unpaired) electrons. The normalized spacial score (nSPS) is 11.0. The molecule has 0 unspecified atom stereocenters. The van der Waals surface area contributed by atoms with Crippen LogP contribution in [0.4, 0.5) is 11.4 Å². The Kier molecular flexibility index (Phi) is 5.81. The Balaban J connectivity index is 1.64. The van der Waals surface area contributed by atoms with Gasteiger partial charge in [0.1, 0.15) is 0 Å². The van der Waals surface area contributed by atoms with Gasteiger partial charge in [-0.15, -0.1) is 0 Å². The lowest BCUT2D eigenvalue weighted by atomic mass is 10.1. The van der Waals surface area contributed by atoms with E-state index in [0.29, 0.717) is 5.56 Å². The first-order chi connectivity index (χ1) is 13.1. The molecule has 0 N–H and O–H groups in total. The fraction of sp³-hybridized carbons (Fsp3) is 0.0833. The van der Waals surface area contributed by atoms with Crippen LogP contribution in [-0.4, -0.2) is 20.3 Å². The van der Waals surface area contributed by atoms with Crippen molar-refractivity contribution in [2.75, 3.05) is 19.0 Å². The average molecular weight is 351 g/mol. The number of aliphatic imine (C=N–C) groups is 1. The number of nitrogens with zero attached hydrogens (tertiary/aromatic N) is 3. The first-order valence-corrected chi connectivity index (χ1v) is 8.74. The van der Waals surface area contributed by atoms with Crippen LogP contribution >= 0.6 is 0 Å². The summed E-state index contributed by atoms with van der Waals surface area (Å²) in [5.74, 6) is 0. The fourth-order valence-electron chi connectivity index (χ4n) is 2.54. The van der Waals surface area contributed by atoms with E-state index in [4.69, 9.17) is 5.26 Å². The topological polar surface area (TPSA) is 39.4 Å². The van der Waals surface area contributed by atoms with Crippen molar-refractivity contribution in [3.05, 3.63) is 95.1 Å². The molecule has 0 aliphatic heterocycles. The van der Waals surface area contributed by atoms with Gasteiger partial charge in [-0.05, 0) is 53.1 Å². The van der Waals surface area contributed by atoms with Crippen LogP contribution in [0, 0.1) is 11.3 Å². The zero-order valence-electron chi connectivity index (χ0n) is 15.5. The third kappa shape index (κ3) is 5.17. The summed E-state index contributed by atoms with van der Waals surface area (Å²) in [5.41, 5.74) is 6.01. The molecule has 3 aromatic carbocycles. The first kappa shape index (κ1) is 18.2. The lowest BCUT2D eigenvalue weighted by Crippen LogP contribution is -2.08. The zero-order valence-corrected chi connectivity index (χ0v) is 15.5. The molecule has 27 heavy (non-hydrogen) atoms. The van der Waals surface area contributed by atoms with Gasteiger partial charge < -0.3 is 4.90 Å². The van der Waals surface area contributed by atoms with Crippen LogP contribution in [0.15, 0.2) is 77.8 Å². The summed E-state index contributed by atoms with van der Waals surface area (Å²) in [6.45, 7) is 0. The van der Waals surface area contributed by atoms with E-state index in [9.17, 15) is 0 Å². The summed E-state index contributed by atoms with van der Waals surface area (Å²) in [6.07, 6.45) is 5.96. The van der Waals surface area contributed by atoms with E-state index in [1.807, 2.05) is 74.9 Å². The number of nitriles is 1. The molecular formula is C24H21N3. The van der Waals surface area contributed by atoms with Gasteiger partial charge in [0, 0.05) is 26.0 Å². The minimum absolute atomic E-state index is 0.672. The maximum atomic E-state index is 8.83. The largest absolute Gasteiger partial charge is 0.378 e. The lowest BCUT2D eigenvalue weighted by molar-refractivity contribution is 1.13. The number of anilines is 1. The summed E-state index contributed by atoms with van der Waals surface area (Å²) in [6, 6.07) is 26.0. The Bertz CT molecular complexity index is 972. The third-order valence-corrected chi connectivity index (χ3v) is 4.17. The average Bonchev–Trinajstić information content (AvgIpc) is 2.72. The van der Waals surface area contributed by atoms with Crippen molar-refractivity contribution in [1.82, 2.24) is 0 Å². The van der Waals surface area contributed by atoms with Crippen LogP contribution in [-0.2, 0) is 0 Å². The van der Waals surface area contributed by atoms with Crippen molar-refractivity contribution in [1.29, 1.82) is 5.26 Å². The molecule has 3 rings (SSSR count). The van der Waals surface area contributed by atoms with Crippen molar-refractivity contribution in [3.63, 3.8) is 0 Å². The minimum Gasteiger partial charge on any atom is -0.378 e. The lowest BCUT2D eigenvalue weighted by Gasteiger charge is -2.11. The van der Waals surface area contributed by atoms with Crippen LogP contribution in [0.2, 0.25) is 0 Å². The van der Waals surface area contributed by atoms with Gasteiger partial charge in [0.15, 0.2) is 0 Å². The second-order valence-corrected chi connectivity index (χ2v) is 6.40. The molecule has 3 nitrogen and oxygen atoms in total. The van der Waals surface area contributed by atoms with Gasteiger partial charge in [0.2, 0.25) is 0 Å². The molecule has 0 aliphatic carbocycles. The third-order valence-electron chi connectivity index (χ3n) is 4.17. The monoisotopic (exact) mass is 351 g/mol. The molecule has 3 aromatic rings.